The van der Waals surface area contributed by atoms with Crippen LogP contribution >= 0.6 is 22.6 Å². The third-order valence-electron chi connectivity index (χ3n) is 1.73. The fourth-order valence-electron chi connectivity index (χ4n) is 1.08. The Morgan fingerprint density at radius 2 is 2.31 bits per heavy atom. The zero-order chi connectivity index (χ0) is 9.84. The topological polar surface area (TPSA) is 40.9 Å². The molecule has 66 valence electrons. The number of nitriles is 1. The molecule has 0 spiro atoms. The molecular weight excluding hydrogens is 277 g/mol. The monoisotopic (exact) mass is 285 g/mol. The number of nitrogens with zero attached hydrogens (tertiary/aromatic N) is 1. The van der Waals surface area contributed by atoms with Gasteiger partial charge in [0.05, 0.1) is 11.6 Å². The van der Waals surface area contributed by atoms with Gasteiger partial charge in [0.15, 0.2) is 5.78 Å². The summed E-state index contributed by atoms with van der Waals surface area (Å²) < 4.78 is 0.850. The maximum atomic E-state index is 11.5. The molecule has 13 heavy (non-hydrogen) atoms. The fraction of sp³-hybridized carbons (Fsp3) is 0.200. The largest absolute Gasteiger partial charge is 0.294 e. The first-order valence-electron chi connectivity index (χ1n) is 3.92. The Balaban J connectivity index is 3.33. The van der Waals surface area contributed by atoms with Gasteiger partial charge in [-0.2, -0.15) is 5.26 Å². The number of carbonyl (C=O) groups is 1. The number of Topliss-reactive ketones (excluding diaryl/α,β-unsaturated/α-hetero) is 1. The molecular formula is C10H8INO. The molecule has 0 saturated heterocycles. The second-order valence-electron chi connectivity index (χ2n) is 2.55. The van der Waals surface area contributed by atoms with Gasteiger partial charge in [-0.05, 0) is 34.7 Å². The first-order valence-corrected chi connectivity index (χ1v) is 5.00. The van der Waals surface area contributed by atoms with Crippen LogP contribution in [0.15, 0.2) is 18.2 Å². The Morgan fingerprint density at radius 3 is 2.85 bits per heavy atom. The molecule has 0 aliphatic carbocycles. The van der Waals surface area contributed by atoms with Crippen LogP contribution in [0, 0.1) is 14.9 Å². The van der Waals surface area contributed by atoms with Crippen molar-refractivity contribution < 1.29 is 4.79 Å². The van der Waals surface area contributed by atoms with E-state index in [4.69, 9.17) is 5.26 Å². The minimum atomic E-state index is 0.0292. The van der Waals surface area contributed by atoms with E-state index in [0.717, 1.165) is 3.57 Å². The molecule has 0 aliphatic heterocycles. The Hall–Kier alpha value is -0.890. The molecule has 0 N–H and O–H groups in total. The van der Waals surface area contributed by atoms with Crippen molar-refractivity contribution in [2.45, 2.75) is 13.3 Å². The summed E-state index contributed by atoms with van der Waals surface area (Å²) in [7, 11) is 0. The molecule has 0 amide bonds. The molecule has 0 aromatic heterocycles. The molecule has 1 rings (SSSR count). The third-order valence-corrected chi connectivity index (χ3v) is 2.63. The Morgan fingerprint density at radius 1 is 1.62 bits per heavy atom. The number of halogens is 1. The van der Waals surface area contributed by atoms with Crippen molar-refractivity contribution in [1.82, 2.24) is 0 Å². The van der Waals surface area contributed by atoms with E-state index in [-0.39, 0.29) is 5.78 Å². The lowest BCUT2D eigenvalue weighted by atomic mass is 10.0. The average molecular weight is 285 g/mol. The van der Waals surface area contributed by atoms with Gasteiger partial charge in [-0.1, -0.05) is 13.0 Å². The Bertz CT molecular complexity index is 379. The molecule has 3 heteroatoms. The van der Waals surface area contributed by atoms with E-state index in [1.54, 1.807) is 19.1 Å². The van der Waals surface area contributed by atoms with Crippen LogP contribution in [0.2, 0.25) is 0 Å². The molecule has 2 nitrogen and oxygen atoms in total. The predicted octanol–water partition coefficient (Wildman–Crippen LogP) is 2.76. The second-order valence-corrected chi connectivity index (χ2v) is 3.71. The van der Waals surface area contributed by atoms with Gasteiger partial charge in [0.2, 0.25) is 0 Å². The zero-order valence-electron chi connectivity index (χ0n) is 7.17. The lowest BCUT2D eigenvalue weighted by Crippen LogP contribution is -2.02. The summed E-state index contributed by atoms with van der Waals surface area (Å²) >= 11 is 2.08. The van der Waals surface area contributed by atoms with E-state index in [2.05, 4.69) is 22.6 Å². The standard InChI is InChI=1S/C10H8INO/c1-2-9(13)10-7(6-12)4-3-5-8(10)11/h3-5H,2H2,1H3. The van der Waals surface area contributed by atoms with Crippen molar-refractivity contribution in [2.24, 2.45) is 0 Å². The lowest BCUT2D eigenvalue weighted by Gasteiger charge is -2.02. The predicted molar refractivity (Wildman–Crippen MR) is 58.5 cm³/mol. The number of hydrogen-bond acceptors (Lipinski definition) is 2. The highest BCUT2D eigenvalue weighted by Crippen LogP contribution is 2.18. The quantitative estimate of drug-likeness (QED) is 0.619. The minimum Gasteiger partial charge on any atom is -0.294 e. The van der Waals surface area contributed by atoms with Crippen LogP contribution in [0.5, 0.6) is 0 Å². The van der Waals surface area contributed by atoms with E-state index < -0.39 is 0 Å². The van der Waals surface area contributed by atoms with Crippen molar-refractivity contribution in [3.05, 3.63) is 32.9 Å². The van der Waals surface area contributed by atoms with Crippen molar-refractivity contribution in [3.8, 4) is 6.07 Å². The van der Waals surface area contributed by atoms with Crippen LogP contribution in [0.1, 0.15) is 29.3 Å². The maximum absolute atomic E-state index is 11.5. The summed E-state index contributed by atoms with van der Waals surface area (Å²) in [5.74, 6) is 0.0292. The minimum absolute atomic E-state index is 0.0292. The highest BCUT2D eigenvalue weighted by Gasteiger charge is 2.12. The summed E-state index contributed by atoms with van der Waals surface area (Å²) in [6.45, 7) is 1.80. The molecule has 0 radical (unpaired) electrons. The summed E-state index contributed by atoms with van der Waals surface area (Å²) in [4.78, 5) is 11.5. The maximum Gasteiger partial charge on any atom is 0.164 e. The fourth-order valence-corrected chi connectivity index (χ4v) is 1.88. The summed E-state index contributed by atoms with van der Waals surface area (Å²) in [6.07, 6.45) is 0.439. The average Bonchev–Trinajstić information content (AvgIpc) is 2.16. The van der Waals surface area contributed by atoms with Crippen molar-refractivity contribution in [1.29, 1.82) is 5.26 Å². The molecule has 0 aliphatic rings. The SMILES string of the molecule is CCC(=O)c1c(I)cccc1C#N. The zero-order valence-corrected chi connectivity index (χ0v) is 9.33. The molecule has 0 fully saturated rings. The normalized spacial score (nSPS) is 9.31. The van der Waals surface area contributed by atoms with Gasteiger partial charge in [-0.3, -0.25) is 4.79 Å². The summed E-state index contributed by atoms with van der Waals surface area (Å²) in [6, 6.07) is 7.32. The summed E-state index contributed by atoms with van der Waals surface area (Å²) in [5.41, 5.74) is 1.03. The van der Waals surface area contributed by atoms with Gasteiger partial charge >= 0.3 is 0 Å². The van der Waals surface area contributed by atoms with Gasteiger partial charge < -0.3 is 0 Å². The number of ketones is 1. The van der Waals surface area contributed by atoms with Gasteiger partial charge in [0.25, 0.3) is 0 Å². The van der Waals surface area contributed by atoms with E-state index in [9.17, 15) is 4.79 Å². The van der Waals surface area contributed by atoms with Crippen LogP contribution in [0.25, 0.3) is 0 Å². The summed E-state index contributed by atoms with van der Waals surface area (Å²) in [5, 5.41) is 8.78. The first kappa shape index (κ1) is 10.2. The van der Waals surface area contributed by atoms with Gasteiger partial charge in [0.1, 0.15) is 0 Å². The molecule has 0 atom stereocenters. The highest BCUT2D eigenvalue weighted by atomic mass is 127. The molecule has 0 saturated carbocycles. The van der Waals surface area contributed by atoms with E-state index in [1.807, 2.05) is 12.1 Å². The molecule has 0 heterocycles. The first-order chi connectivity index (χ1) is 6.20. The van der Waals surface area contributed by atoms with Crippen molar-refractivity contribution in [2.75, 3.05) is 0 Å². The van der Waals surface area contributed by atoms with E-state index in [0.29, 0.717) is 17.5 Å². The highest BCUT2D eigenvalue weighted by molar-refractivity contribution is 14.1. The number of hydrogen-bond donors (Lipinski definition) is 0. The Labute approximate surface area is 90.7 Å². The second kappa shape index (κ2) is 4.38. The van der Waals surface area contributed by atoms with Crippen LogP contribution in [-0.4, -0.2) is 5.78 Å². The number of benzene rings is 1. The van der Waals surface area contributed by atoms with Crippen molar-refractivity contribution in [3.63, 3.8) is 0 Å². The van der Waals surface area contributed by atoms with Crippen LogP contribution in [0.3, 0.4) is 0 Å². The van der Waals surface area contributed by atoms with Crippen LogP contribution in [0.4, 0.5) is 0 Å². The van der Waals surface area contributed by atoms with Crippen LogP contribution < -0.4 is 0 Å². The van der Waals surface area contributed by atoms with Gasteiger partial charge in [-0.25, -0.2) is 0 Å². The third kappa shape index (κ3) is 2.07. The van der Waals surface area contributed by atoms with E-state index in [1.165, 1.54) is 0 Å². The molecule has 0 bridgehead atoms. The molecule has 1 aromatic carbocycles. The number of rotatable bonds is 2. The lowest BCUT2D eigenvalue weighted by molar-refractivity contribution is 0.0987. The molecule has 1 aromatic rings. The smallest absolute Gasteiger partial charge is 0.164 e. The molecule has 0 unspecified atom stereocenters. The Kier molecular flexibility index (Phi) is 3.43. The van der Waals surface area contributed by atoms with Gasteiger partial charge in [0, 0.05) is 15.6 Å². The van der Waals surface area contributed by atoms with E-state index >= 15 is 0 Å². The number of carbonyl (C=O) groups excluding carboxylic acids is 1. The van der Waals surface area contributed by atoms with Crippen molar-refractivity contribution >= 4 is 28.4 Å². The van der Waals surface area contributed by atoms with Crippen LogP contribution in [-0.2, 0) is 0 Å². The van der Waals surface area contributed by atoms with Gasteiger partial charge in [-0.15, -0.1) is 0 Å².